The van der Waals surface area contributed by atoms with Crippen LogP contribution in [0.25, 0.3) is 0 Å². The van der Waals surface area contributed by atoms with Crippen LogP contribution in [-0.2, 0) is 11.0 Å². The van der Waals surface area contributed by atoms with Crippen LogP contribution in [0, 0.1) is 0 Å². The van der Waals surface area contributed by atoms with Crippen molar-refractivity contribution in [1.82, 2.24) is 0 Å². The van der Waals surface area contributed by atoms with Crippen molar-refractivity contribution in [2.24, 2.45) is 5.73 Å². The van der Waals surface area contributed by atoms with Crippen LogP contribution in [0.15, 0.2) is 18.2 Å². The molecule has 0 aromatic heterocycles. The number of alkyl halides is 3. The third-order valence-corrected chi connectivity index (χ3v) is 1.98. The number of amides is 1. The Kier molecular flexibility index (Phi) is 5.44. The monoisotopic (exact) mass is 284 g/mol. The highest BCUT2D eigenvalue weighted by molar-refractivity contribution is 5.94. The molecule has 1 aromatic carbocycles. The van der Waals surface area contributed by atoms with Gasteiger partial charge in [0.1, 0.15) is 5.75 Å². The smallest absolute Gasteiger partial charge is 0.420 e. The fourth-order valence-corrected chi connectivity index (χ4v) is 1.10. The molecule has 0 aliphatic heterocycles. The van der Waals surface area contributed by atoms with Crippen molar-refractivity contribution in [3.05, 3.63) is 23.8 Å². The van der Waals surface area contributed by atoms with Crippen LogP contribution < -0.4 is 11.1 Å². The molecule has 1 amide bonds. The molecule has 4 nitrogen and oxygen atoms in total. The van der Waals surface area contributed by atoms with Crippen molar-refractivity contribution >= 4 is 24.0 Å². The van der Waals surface area contributed by atoms with E-state index >= 15 is 0 Å². The summed E-state index contributed by atoms with van der Waals surface area (Å²) in [6.45, 7) is 1.40. The second-order valence-electron chi connectivity index (χ2n) is 3.51. The van der Waals surface area contributed by atoms with Gasteiger partial charge in [-0.15, -0.1) is 12.4 Å². The largest absolute Gasteiger partial charge is 0.507 e. The number of carbonyl (C=O) groups excluding carboxylic acids is 1. The van der Waals surface area contributed by atoms with E-state index in [-0.39, 0.29) is 18.1 Å². The van der Waals surface area contributed by atoms with Gasteiger partial charge in [-0.25, -0.2) is 0 Å². The lowest BCUT2D eigenvalue weighted by Crippen LogP contribution is -2.32. The zero-order valence-electron chi connectivity index (χ0n) is 9.28. The molecule has 0 bridgehead atoms. The number of phenolic OH excluding ortho intramolecular Hbond substituents is 1. The highest BCUT2D eigenvalue weighted by atomic mass is 35.5. The molecule has 0 spiro atoms. The topological polar surface area (TPSA) is 75.4 Å². The molecule has 0 radical (unpaired) electrons. The highest BCUT2D eigenvalue weighted by Gasteiger charge is 2.34. The van der Waals surface area contributed by atoms with Crippen LogP contribution in [-0.4, -0.2) is 17.1 Å². The molecule has 0 fully saturated rings. The number of rotatable bonds is 2. The van der Waals surface area contributed by atoms with E-state index in [9.17, 15) is 18.0 Å². The van der Waals surface area contributed by atoms with Crippen LogP contribution in [0.3, 0.4) is 0 Å². The molecule has 0 aliphatic rings. The van der Waals surface area contributed by atoms with E-state index in [2.05, 4.69) is 5.32 Å². The van der Waals surface area contributed by atoms with Crippen molar-refractivity contribution in [2.75, 3.05) is 5.32 Å². The SMILES string of the molecule is C[C@@H](N)C(=O)Nc1ccc(O)c(C(F)(F)F)c1.Cl. The maximum atomic E-state index is 12.4. The first-order valence-electron chi connectivity index (χ1n) is 4.68. The van der Waals surface area contributed by atoms with Gasteiger partial charge >= 0.3 is 6.18 Å². The summed E-state index contributed by atoms with van der Waals surface area (Å²) in [6, 6.07) is 1.83. The van der Waals surface area contributed by atoms with Crippen LogP contribution >= 0.6 is 12.4 Å². The Balaban J connectivity index is 0.00000289. The number of aromatic hydroxyl groups is 1. The number of carbonyl (C=O) groups is 1. The minimum Gasteiger partial charge on any atom is -0.507 e. The molecule has 0 saturated carbocycles. The van der Waals surface area contributed by atoms with Crippen LogP contribution in [0.1, 0.15) is 12.5 Å². The molecule has 18 heavy (non-hydrogen) atoms. The summed E-state index contributed by atoms with van der Waals surface area (Å²) in [6.07, 6.45) is -4.68. The Bertz CT molecular complexity index is 436. The number of nitrogens with two attached hydrogens (primary N) is 1. The first-order chi connectivity index (χ1) is 7.71. The molecule has 0 saturated heterocycles. The van der Waals surface area contributed by atoms with Crippen molar-refractivity contribution in [3.63, 3.8) is 0 Å². The fraction of sp³-hybridized carbons (Fsp3) is 0.300. The summed E-state index contributed by atoms with van der Waals surface area (Å²) in [4.78, 5) is 11.2. The molecule has 0 unspecified atom stereocenters. The quantitative estimate of drug-likeness (QED) is 0.728. The molecule has 0 heterocycles. The summed E-state index contributed by atoms with van der Waals surface area (Å²) in [7, 11) is 0. The van der Waals surface area contributed by atoms with E-state index in [1.54, 1.807) is 0 Å². The predicted molar refractivity (Wildman–Crippen MR) is 62.6 cm³/mol. The van der Waals surface area contributed by atoms with Crippen molar-refractivity contribution in [2.45, 2.75) is 19.1 Å². The van der Waals surface area contributed by atoms with Crippen LogP contribution in [0.4, 0.5) is 18.9 Å². The van der Waals surface area contributed by atoms with E-state index in [4.69, 9.17) is 10.8 Å². The minimum atomic E-state index is -4.68. The van der Waals surface area contributed by atoms with Gasteiger partial charge in [0.05, 0.1) is 11.6 Å². The predicted octanol–water partition coefficient (Wildman–Crippen LogP) is 2.12. The summed E-state index contributed by atoms with van der Waals surface area (Å²) >= 11 is 0. The van der Waals surface area contributed by atoms with E-state index in [1.165, 1.54) is 6.92 Å². The van der Waals surface area contributed by atoms with E-state index < -0.39 is 29.4 Å². The first-order valence-corrected chi connectivity index (χ1v) is 4.68. The normalized spacial score (nSPS) is 12.5. The summed E-state index contributed by atoms with van der Waals surface area (Å²) < 4.78 is 37.3. The molecule has 8 heteroatoms. The highest BCUT2D eigenvalue weighted by Crippen LogP contribution is 2.37. The molecule has 1 atom stereocenters. The Morgan fingerprint density at radius 3 is 2.44 bits per heavy atom. The second-order valence-corrected chi connectivity index (χ2v) is 3.51. The Morgan fingerprint density at radius 1 is 1.44 bits per heavy atom. The molecule has 1 aromatic rings. The Labute approximate surface area is 107 Å². The lowest BCUT2D eigenvalue weighted by molar-refractivity contribution is -0.138. The molecule has 0 aliphatic carbocycles. The van der Waals surface area contributed by atoms with Gasteiger partial charge in [0.25, 0.3) is 0 Å². The zero-order valence-corrected chi connectivity index (χ0v) is 10.1. The molecular weight excluding hydrogens is 273 g/mol. The summed E-state index contributed by atoms with van der Waals surface area (Å²) in [5.74, 6) is -1.50. The van der Waals surface area contributed by atoms with E-state index in [0.717, 1.165) is 12.1 Å². The maximum absolute atomic E-state index is 12.4. The zero-order chi connectivity index (χ0) is 13.2. The van der Waals surface area contributed by atoms with Gasteiger partial charge in [0.2, 0.25) is 5.91 Å². The van der Waals surface area contributed by atoms with Crippen molar-refractivity contribution in [3.8, 4) is 5.75 Å². The lowest BCUT2D eigenvalue weighted by atomic mass is 10.1. The van der Waals surface area contributed by atoms with Crippen LogP contribution in [0.5, 0.6) is 5.75 Å². The number of hydrogen-bond donors (Lipinski definition) is 3. The molecule has 1 rings (SSSR count). The average molecular weight is 285 g/mol. The molecule has 102 valence electrons. The molecule has 4 N–H and O–H groups in total. The van der Waals surface area contributed by atoms with Crippen LogP contribution in [0.2, 0.25) is 0 Å². The Hall–Kier alpha value is -1.47. The third kappa shape index (κ3) is 4.08. The van der Waals surface area contributed by atoms with Gasteiger partial charge in [-0.1, -0.05) is 0 Å². The number of phenols is 1. The number of nitrogens with one attached hydrogen (secondary N) is 1. The van der Waals surface area contributed by atoms with E-state index in [0.29, 0.717) is 6.07 Å². The lowest BCUT2D eigenvalue weighted by Gasteiger charge is -2.12. The third-order valence-electron chi connectivity index (χ3n) is 1.98. The van der Waals surface area contributed by atoms with Gasteiger partial charge < -0.3 is 16.2 Å². The van der Waals surface area contributed by atoms with Gasteiger partial charge in [-0.05, 0) is 25.1 Å². The summed E-state index contributed by atoms with van der Waals surface area (Å²) in [5, 5.41) is 11.3. The number of benzene rings is 1. The van der Waals surface area contributed by atoms with Gasteiger partial charge in [-0.3, -0.25) is 4.79 Å². The van der Waals surface area contributed by atoms with Crippen molar-refractivity contribution in [1.29, 1.82) is 0 Å². The van der Waals surface area contributed by atoms with Crippen molar-refractivity contribution < 1.29 is 23.1 Å². The standard InChI is InChI=1S/C10H11F3N2O2.ClH/c1-5(14)9(17)15-6-2-3-8(16)7(4-6)10(11,12)13;/h2-5,16H,14H2,1H3,(H,15,17);1H/t5-;/m1./s1. The van der Waals surface area contributed by atoms with E-state index in [1.807, 2.05) is 0 Å². The first kappa shape index (κ1) is 16.5. The number of hydrogen-bond acceptors (Lipinski definition) is 3. The summed E-state index contributed by atoms with van der Waals surface area (Å²) in [5.41, 5.74) is 3.97. The van der Waals surface area contributed by atoms with Gasteiger partial charge in [0.15, 0.2) is 0 Å². The van der Waals surface area contributed by atoms with Gasteiger partial charge in [-0.2, -0.15) is 13.2 Å². The number of anilines is 1. The fourth-order valence-electron chi connectivity index (χ4n) is 1.10. The Morgan fingerprint density at radius 2 is 2.00 bits per heavy atom. The van der Waals surface area contributed by atoms with Gasteiger partial charge in [0, 0.05) is 5.69 Å². The second kappa shape index (κ2) is 5.92. The maximum Gasteiger partial charge on any atom is 0.420 e. The minimum absolute atomic E-state index is 0. The average Bonchev–Trinajstić information content (AvgIpc) is 2.19. The molecular formula is C10H12ClF3N2O2. The number of halogens is 4.